The minimum atomic E-state index is -4.06. The maximum Gasteiger partial charge on any atom is 0.368 e. The smallest absolute Gasteiger partial charge is 0.368 e. The van der Waals surface area contributed by atoms with Crippen molar-refractivity contribution >= 4 is 39.5 Å². The molecule has 1 aliphatic rings. The lowest BCUT2D eigenvalue weighted by molar-refractivity contribution is -0.136. The van der Waals surface area contributed by atoms with Crippen LogP contribution in [0.3, 0.4) is 0 Å². The molecule has 0 saturated carbocycles. The molecule has 1 aliphatic heterocycles. The minimum Gasteiger partial charge on any atom is -0.378 e. The van der Waals surface area contributed by atoms with E-state index in [1.807, 2.05) is 6.92 Å². The van der Waals surface area contributed by atoms with E-state index in [9.17, 15) is 13.2 Å². The summed E-state index contributed by atoms with van der Waals surface area (Å²) in [7, 11) is -4.06. The van der Waals surface area contributed by atoms with Crippen LogP contribution in [0.15, 0.2) is 88.4 Å². The normalized spacial score (nSPS) is 15.0. The molecule has 0 aliphatic carbocycles. The number of carbonyl (C=O) groups excluding carboxylic acids is 1. The molecule has 4 rings (SSSR count). The lowest BCUT2D eigenvalue weighted by Crippen LogP contribution is -2.11. The van der Waals surface area contributed by atoms with E-state index in [0.29, 0.717) is 21.9 Å². The van der Waals surface area contributed by atoms with Gasteiger partial charge in [0.25, 0.3) is 0 Å². The zero-order valence-electron chi connectivity index (χ0n) is 16.3. The number of hydrogen-bond donors (Lipinski definition) is 0. The highest BCUT2D eigenvalue weighted by Crippen LogP contribution is 2.28. The highest BCUT2D eigenvalue weighted by Gasteiger charge is 2.27. The number of benzene rings is 3. The Kier molecular flexibility index (Phi) is 5.63. The number of para-hydroxylation sites is 1. The summed E-state index contributed by atoms with van der Waals surface area (Å²) in [5.74, 6) is -0.577. The number of oxime groups is 1. The summed E-state index contributed by atoms with van der Waals surface area (Å²) in [6, 6.07) is 19.6. The second-order valence-electron chi connectivity index (χ2n) is 6.77. The van der Waals surface area contributed by atoms with Gasteiger partial charge in [0.1, 0.15) is 16.4 Å². The molecule has 31 heavy (non-hydrogen) atoms. The molecule has 0 atom stereocenters. The first-order valence-corrected chi connectivity index (χ1v) is 11.0. The Balaban J connectivity index is 1.70. The Morgan fingerprint density at radius 2 is 1.65 bits per heavy atom. The van der Waals surface area contributed by atoms with Gasteiger partial charge < -0.3 is 9.02 Å². The Bertz CT molecular complexity index is 1310. The summed E-state index contributed by atoms with van der Waals surface area (Å²) in [5, 5.41) is 4.39. The SMILES string of the molecule is Cc1ccc(S(=O)(=O)Oc2ccccc2/C=C2/C(=O)ON=C2c2ccc(Cl)cc2)cc1. The third-order valence-electron chi connectivity index (χ3n) is 4.54. The van der Waals surface area contributed by atoms with Gasteiger partial charge in [0, 0.05) is 16.1 Å². The van der Waals surface area contributed by atoms with E-state index < -0.39 is 16.1 Å². The molecule has 0 aromatic heterocycles. The quantitative estimate of drug-likeness (QED) is 0.316. The average Bonchev–Trinajstić information content (AvgIpc) is 3.10. The second-order valence-corrected chi connectivity index (χ2v) is 8.75. The maximum absolute atomic E-state index is 12.7. The van der Waals surface area contributed by atoms with Crippen LogP contribution >= 0.6 is 11.6 Å². The van der Waals surface area contributed by atoms with E-state index >= 15 is 0 Å². The van der Waals surface area contributed by atoms with E-state index in [1.165, 1.54) is 24.3 Å². The molecule has 8 heteroatoms. The summed E-state index contributed by atoms with van der Waals surface area (Å²) >= 11 is 5.93. The van der Waals surface area contributed by atoms with E-state index in [2.05, 4.69) is 5.16 Å². The third-order valence-corrected chi connectivity index (χ3v) is 6.04. The Morgan fingerprint density at radius 3 is 2.35 bits per heavy atom. The van der Waals surface area contributed by atoms with E-state index in [4.69, 9.17) is 20.6 Å². The molecule has 0 fully saturated rings. The zero-order valence-corrected chi connectivity index (χ0v) is 17.9. The molecule has 0 bridgehead atoms. The predicted molar refractivity (Wildman–Crippen MR) is 117 cm³/mol. The van der Waals surface area contributed by atoms with Crippen molar-refractivity contribution in [2.75, 3.05) is 0 Å². The van der Waals surface area contributed by atoms with Crippen molar-refractivity contribution in [1.82, 2.24) is 0 Å². The van der Waals surface area contributed by atoms with Crippen LogP contribution in [-0.2, 0) is 19.8 Å². The maximum atomic E-state index is 12.7. The Hall–Kier alpha value is -3.42. The third kappa shape index (κ3) is 4.52. The van der Waals surface area contributed by atoms with Crippen molar-refractivity contribution in [3.8, 4) is 5.75 Å². The van der Waals surface area contributed by atoms with Crippen LogP contribution < -0.4 is 4.18 Å². The van der Waals surface area contributed by atoms with Gasteiger partial charge >= 0.3 is 16.1 Å². The van der Waals surface area contributed by atoms with Gasteiger partial charge in [-0.2, -0.15) is 8.42 Å². The monoisotopic (exact) mass is 453 g/mol. The fourth-order valence-corrected chi connectivity index (χ4v) is 4.01. The van der Waals surface area contributed by atoms with Crippen LogP contribution in [0.25, 0.3) is 6.08 Å². The lowest BCUT2D eigenvalue weighted by Gasteiger charge is -2.10. The van der Waals surface area contributed by atoms with Crippen molar-refractivity contribution in [3.63, 3.8) is 0 Å². The molecule has 0 radical (unpaired) electrons. The van der Waals surface area contributed by atoms with Crippen LogP contribution in [0.4, 0.5) is 0 Å². The van der Waals surface area contributed by atoms with Gasteiger partial charge in [0.2, 0.25) is 0 Å². The Morgan fingerprint density at radius 1 is 0.968 bits per heavy atom. The highest BCUT2D eigenvalue weighted by atomic mass is 35.5. The van der Waals surface area contributed by atoms with Crippen LogP contribution in [0.5, 0.6) is 5.75 Å². The average molecular weight is 454 g/mol. The summed E-state index contributed by atoms with van der Waals surface area (Å²) in [5.41, 5.74) is 2.43. The Labute approximate surface area is 184 Å². The van der Waals surface area contributed by atoms with Gasteiger partial charge in [-0.3, -0.25) is 0 Å². The van der Waals surface area contributed by atoms with Gasteiger partial charge in [0.05, 0.1) is 5.57 Å². The van der Waals surface area contributed by atoms with Crippen LogP contribution in [-0.4, -0.2) is 20.1 Å². The van der Waals surface area contributed by atoms with Crippen molar-refractivity contribution in [1.29, 1.82) is 0 Å². The molecule has 1 heterocycles. The van der Waals surface area contributed by atoms with Crippen molar-refractivity contribution in [3.05, 3.63) is 100 Å². The van der Waals surface area contributed by atoms with Crippen LogP contribution in [0.2, 0.25) is 5.02 Å². The van der Waals surface area contributed by atoms with E-state index in [0.717, 1.165) is 5.56 Å². The molecule has 3 aromatic carbocycles. The van der Waals surface area contributed by atoms with Gasteiger partial charge in [-0.1, -0.05) is 64.8 Å². The van der Waals surface area contributed by atoms with Gasteiger partial charge in [-0.05, 0) is 43.3 Å². The molecule has 0 amide bonds. The molecule has 0 saturated heterocycles. The number of carbonyl (C=O) groups is 1. The number of rotatable bonds is 5. The number of halogens is 1. The van der Waals surface area contributed by atoms with Gasteiger partial charge in [-0.15, -0.1) is 0 Å². The molecule has 0 unspecified atom stereocenters. The molecule has 156 valence electrons. The van der Waals surface area contributed by atoms with E-state index in [1.54, 1.807) is 54.6 Å². The fraction of sp³-hybridized carbons (Fsp3) is 0.0435. The first-order chi connectivity index (χ1) is 14.8. The molecule has 3 aromatic rings. The summed E-state index contributed by atoms with van der Waals surface area (Å²) in [4.78, 5) is 17.2. The summed E-state index contributed by atoms with van der Waals surface area (Å²) in [6.45, 7) is 1.86. The fourth-order valence-electron chi connectivity index (χ4n) is 2.93. The second kappa shape index (κ2) is 8.37. The topological polar surface area (TPSA) is 82.0 Å². The molecular weight excluding hydrogens is 438 g/mol. The first-order valence-electron chi connectivity index (χ1n) is 9.21. The number of nitrogens with zero attached hydrogens (tertiary/aromatic N) is 1. The van der Waals surface area contributed by atoms with Crippen LogP contribution in [0.1, 0.15) is 16.7 Å². The van der Waals surface area contributed by atoms with Crippen molar-refractivity contribution in [2.24, 2.45) is 5.16 Å². The van der Waals surface area contributed by atoms with Gasteiger partial charge in [0.15, 0.2) is 0 Å². The minimum absolute atomic E-state index is 0.0317. The lowest BCUT2D eigenvalue weighted by atomic mass is 10.0. The zero-order chi connectivity index (χ0) is 22.0. The summed E-state index contributed by atoms with van der Waals surface area (Å²) in [6.07, 6.45) is 1.49. The molecule has 0 N–H and O–H groups in total. The van der Waals surface area contributed by atoms with Crippen LogP contribution in [0, 0.1) is 6.92 Å². The first kappa shape index (κ1) is 20.8. The van der Waals surface area contributed by atoms with Gasteiger partial charge in [-0.25, -0.2) is 4.79 Å². The molecular formula is C23H16ClNO5S. The molecule has 6 nitrogen and oxygen atoms in total. The van der Waals surface area contributed by atoms with Crippen molar-refractivity contribution < 1.29 is 22.2 Å². The highest BCUT2D eigenvalue weighted by molar-refractivity contribution is 7.87. The number of hydrogen-bond acceptors (Lipinski definition) is 6. The predicted octanol–water partition coefficient (Wildman–Crippen LogP) is 4.76. The van der Waals surface area contributed by atoms with E-state index in [-0.39, 0.29) is 16.2 Å². The molecule has 0 spiro atoms. The summed E-state index contributed by atoms with van der Waals surface area (Å²) < 4.78 is 30.8. The van der Waals surface area contributed by atoms with Crippen molar-refractivity contribution in [2.45, 2.75) is 11.8 Å². The largest absolute Gasteiger partial charge is 0.378 e. The number of aryl methyl sites for hydroxylation is 1. The standard InChI is InChI=1S/C23H16ClNO5S/c1-15-6-12-19(13-7-15)31(27,28)30-21-5-3-2-4-17(21)14-20-22(25-29-23(20)26)16-8-10-18(24)11-9-16/h2-14H,1H3/b20-14+.